The second-order valence-electron chi connectivity index (χ2n) is 7.26. The summed E-state index contributed by atoms with van der Waals surface area (Å²) in [6.45, 7) is 5.59. The van der Waals surface area contributed by atoms with E-state index in [2.05, 4.69) is 0 Å². The standard InChI is InChI=1S/C21H25NO5S/c1-14-8-9-19(10-16(14)3)28(25,26)22-12-18(23)11-20(22)21(24)27-13-17-7-5-4-6-15(17)2/h4-10,18,20,23H,11-13H2,1-3H3/t18?,20-/m0/s1. The van der Waals surface area contributed by atoms with Gasteiger partial charge < -0.3 is 9.84 Å². The predicted molar refractivity (Wildman–Crippen MR) is 105 cm³/mol. The van der Waals surface area contributed by atoms with Gasteiger partial charge in [0.15, 0.2) is 0 Å². The predicted octanol–water partition coefficient (Wildman–Crippen LogP) is 2.48. The molecule has 3 rings (SSSR count). The quantitative estimate of drug-likeness (QED) is 0.776. The minimum Gasteiger partial charge on any atom is -0.460 e. The van der Waals surface area contributed by atoms with Crippen molar-refractivity contribution in [1.82, 2.24) is 4.31 Å². The molecule has 1 unspecified atom stereocenters. The van der Waals surface area contributed by atoms with Gasteiger partial charge in [0.1, 0.15) is 12.6 Å². The van der Waals surface area contributed by atoms with Crippen LogP contribution in [0.15, 0.2) is 47.4 Å². The zero-order valence-electron chi connectivity index (χ0n) is 16.3. The van der Waals surface area contributed by atoms with Crippen LogP contribution in [0, 0.1) is 20.8 Å². The normalized spacial score (nSPS) is 20.3. The number of rotatable bonds is 5. The molecule has 1 fully saturated rings. The van der Waals surface area contributed by atoms with Gasteiger partial charge in [-0.05, 0) is 55.2 Å². The van der Waals surface area contributed by atoms with Crippen LogP contribution in [0.4, 0.5) is 0 Å². The van der Waals surface area contributed by atoms with Crippen LogP contribution in [-0.4, -0.2) is 42.5 Å². The number of nitrogens with zero attached hydrogens (tertiary/aromatic N) is 1. The van der Waals surface area contributed by atoms with Crippen LogP contribution in [0.3, 0.4) is 0 Å². The van der Waals surface area contributed by atoms with E-state index in [1.807, 2.05) is 45.0 Å². The summed E-state index contributed by atoms with van der Waals surface area (Å²) in [6, 6.07) is 11.3. The topological polar surface area (TPSA) is 83.9 Å². The van der Waals surface area contributed by atoms with Gasteiger partial charge in [0, 0.05) is 13.0 Å². The molecule has 7 heteroatoms. The summed E-state index contributed by atoms with van der Waals surface area (Å²) in [5, 5.41) is 10.0. The lowest BCUT2D eigenvalue weighted by atomic mass is 10.1. The molecule has 0 saturated carbocycles. The van der Waals surface area contributed by atoms with Crippen molar-refractivity contribution in [3.8, 4) is 0 Å². The second kappa shape index (κ2) is 8.03. The van der Waals surface area contributed by atoms with E-state index in [4.69, 9.17) is 4.74 Å². The number of carbonyl (C=O) groups is 1. The number of aryl methyl sites for hydroxylation is 3. The number of aliphatic hydroxyl groups is 1. The molecule has 1 N–H and O–H groups in total. The smallest absolute Gasteiger partial charge is 0.324 e. The van der Waals surface area contributed by atoms with E-state index >= 15 is 0 Å². The van der Waals surface area contributed by atoms with Gasteiger partial charge in [0.25, 0.3) is 0 Å². The third kappa shape index (κ3) is 4.11. The Labute approximate surface area is 165 Å². The fraction of sp³-hybridized carbons (Fsp3) is 0.381. The zero-order valence-corrected chi connectivity index (χ0v) is 17.1. The van der Waals surface area contributed by atoms with Crippen LogP contribution in [0.1, 0.15) is 28.7 Å². The van der Waals surface area contributed by atoms with Gasteiger partial charge in [-0.1, -0.05) is 30.3 Å². The van der Waals surface area contributed by atoms with Crippen molar-refractivity contribution in [3.05, 3.63) is 64.7 Å². The van der Waals surface area contributed by atoms with Crippen LogP contribution < -0.4 is 0 Å². The highest BCUT2D eigenvalue weighted by Crippen LogP contribution is 2.28. The molecular weight excluding hydrogens is 378 g/mol. The average Bonchev–Trinajstić information content (AvgIpc) is 3.05. The zero-order chi connectivity index (χ0) is 20.5. The second-order valence-corrected chi connectivity index (χ2v) is 9.15. The number of hydrogen-bond acceptors (Lipinski definition) is 5. The molecule has 0 spiro atoms. The van der Waals surface area contributed by atoms with Crippen molar-refractivity contribution in [3.63, 3.8) is 0 Å². The number of ether oxygens (including phenoxy) is 1. The maximum atomic E-state index is 13.1. The Hall–Kier alpha value is -2.22. The first-order chi connectivity index (χ1) is 13.2. The highest BCUT2D eigenvalue weighted by molar-refractivity contribution is 7.89. The summed E-state index contributed by atoms with van der Waals surface area (Å²) in [6.07, 6.45) is -0.881. The van der Waals surface area contributed by atoms with Crippen molar-refractivity contribution in [2.75, 3.05) is 6.54 Å². The van der Waals surface area contributed by atoms with Gasteiger partial charge >= 0.3 is 5.97 Å². The van der Waals surface area contributed by atoms with E-state index < -0.39 is 28.1 Å². The lowest BCUT2D eigenvalue weighted by Crippen LogP contribution is -2.41. The van der Waals surface area contributed by atoms with Gasteiger partial charge in [-0.2, -0.15) is 4.31 Å². The van der Waals surface area contributed by atoms with Gasteiger partial charge in [0.2, 0.25) is 10.0 Å². The highest BCUT2D eigenvalue weighted by atomic mass is 32.2. The molecule has 1 saturated heterocycles. The van der Waals surface area contributed by atoms with E-state index in [0.29, 0.717) is 0 Å². The third-order valence-electron chi connectivity index (χ3n) is 5.22. The number of benzene rings is 2. The molecule has 1 heterocycles. The van der Waals surface area contributed by atoms with E-state index in [1.54, 1.807) is 12.1 Å². The number of hydrogen-bond donors (Lipinski definition) is 1. The van der Waals surface area contributed by atoms with Gasteiger partial charge in [-0.3, -0.25) is 4.79 Å². The average molecular weight is 404 g/mol. The third-order valence-corrected chi connectivity index (χ3v) is 7.09. The Balaban J connectivity index is 1.81. The Bertz CT molecular complexity index is 986. The fourth-order valence-corrected chi connectivity index (χ4v) is 5.00. The molecule has 0 amide bonds. The molecule has 28 heavy (non-hydrogen) atoms. The maximum Gasteiger partial charge on any atom is 0.324 e. The van der Waals surface area contributed by atoms with Crippen molar-refractivity contribution < 1.29 is 23.1 Å². The van der Waals surface area contributed by atoms with Crippen LogP contribution >= 0.6 is 0 Å². The highest BCUT2D eigenvalue weighted by Gasteiger charge is 2.44. The van der Waals surface area contributed by atoms with Gasteiger partial charge in [-0.25, -0.2) is 8.42 Å². The Morgan fingerprint density at radius 1 is 1.11 bits per heavy atom. The molecule has 1 aliphatic heterocycles. The SMILES string of the molecule is Cc1ccc(S(=O)(=O)N2CC(O)C[C@H]2C(=O)OCc2ccccc2C)cc1C. The minimum atomic E-state index is -3.92. The van der Waals surface area contributed by atoms with Crippen LogP contribution in [0.5, 0.6) is 0 Å². The molecule has 2 aromatic rings. The molecular formula is C21H25NO5S. The molecule has 0 aromatic heterocycles. The summed E-state index contributed by atoms with van der Waals surface area (Å²) in [5.74, 6) is -0.646. The molecule has 0 radical (unpaired) electrons. The summed E-state index contributed by atoms with van der Waals surface area (Å²) >= 11 is 0. The summed E-state index contributed by atoms with van der Waals surface area (Å²) in [7, 11) is -3.92. The van der Waals surface area contributed by atoms with Crippen molar-refractivity contribution >= 4 is 16.0 Å². The number of aliphatic hydroxyl groups excluding tert-OH is 1. The lowest BCUT2D eigenvalue weighted by molar-refractivity contribution is -0.148. The molecule has 2 atom stereocenters. The van der Waals surface area contributed by atoms with Crippen LogP contribution in [0.25, 0.3) is 0 Å². The number of esters is 1. The number of sulfonamides is 1. The van der Waals surface area contributed by atoms with E-state index in [1.165, 1.54) is 6.07 Å². The van der Waals surface area contributed by atoms with E-state index in [0.717, 1.165) is 26.6 Å². The first-order valence-electron chi connectivity index (χ1n) is 9.18. The van der Waals surface area contributed by atoms with Crippen molar-refractivity contribution in [1.29, 1.82) is 0 Å². The summed E-state index contributed by atoms with van der Waals surface area (Å²) in [5.41, 5.74) is 3.67. The summed E-state index contributed by atoms with van der Waals surface area (Å²) < 4.78 is 32.6. The van der Waals surface area contributed by atoms with Gasteiger partial charge in [-0.15, -0.1) is 0 Å². The Morgan fingerprint density at radius 2 is 1.82 bits per heavy atom. The van der Waals surface area contributed by atoms with Gasteiger partial charge in [0.05, 0.1) is 11.0 Å². The Morgan fingerprint density at radius 3 is 2.50 bits per heavy atom. The fourth-order valence-electron chi connectivity index (χ4n) is 3.29. The lowest BCUT2D eigenvalue weighted by Gasteiger charge is -2.23. The Kier molecular flexibility index (Phi) is 5.88. The van der Waals surface area contributed by atoms with E-state index in [-0.39, 0.29) is 24.5 Å². The van der Waals surface area contributed by atoms with Crippen LogP contribution in [0.2, 0.25) is 0 Å². The molecule has 0 bridgehead atoms. The minimum absolute atomic E-state index is 0.0245. The molecule has 2 aromatic carbocycles. The first-order valence-corrected chi connectivity index (χ1v) is 10.6. The molecule has 150 valence electrons. The first kappa shape index (κ1) is 20.5. The largest absolute Gasteiger partial charge is 0.460 e. The molecule has 1 aliphatic rings. The van der Waals surface area contributed by atoms with E-state index in [9.17, 15) is 18.3 Å². The van der Waals surface area contributed by atoms with Crippen molar-refractivity contribution in [2.24, 2.45) is 0 Å². The van der Waals surface area contributed by atoms with Crippen LogP contribution in [-0.2, 0) is 26.2 Å². The maximum absolute atomic E-state index is 13.1. The van der Waals surface area contributed by atoms with Crippen molar-refractivity contribution in [2.45, 2.75) is 50.8 Å². The molecule has 0 aliphatic carbocycles. The monoisotopic (exact) mass is 403 g/mol. The molecule has 6 nitrogen and oxygen atoms in total. The number of carbonyl (C=O) groups excluding carboxylic acids is 1. The number of β-amino-alcohol motifs (C(OH)–C–C–N with tert-alkyl or cyclic N) is 1. The summed E-state index contributed by atoms with van der Waals surface area (Å²) in [4.78, 5) is 12.8.